The molecule has 0 aliphatic rings. The Balaban J connectivity index is 2.34. The van der Waals surface area contributed by atoms with Crippen molar-refractivity contribution in [2.75, 3.05) is 32.9 Å². The van der Waals surface area contributed by atoms with Gasteiger partial charge in [0.1, 0.15) is 4.21 Å². The van der Waals surface area contributed by atoms with Crippen LogP contribution in [0.1, 0.15) is 13.8 Å². The number of aliphatic imine (C=N–C) groups is 1. The predicted octanol–water partition coefficient (Wildman–Crippen LogP) is 1.33. The molecule has 0 aliphatic carbocycles. The summed E-state index contributed by atoms with van der Waals surface area (Å²) in [6, 6.07) is 3.31. The van der Waals surface area contributed by atoms with Crippen LogP contribution in [0.4, 0.5) is 0 Å². The molecule has 1 aromatic rings. The van der Waals surface area contributed by atoms with Gasteiger partial charge >= 0.3 is 0 Å². The molecule has 22 heavy (non-hydrogen) atoms. The van der Waals surface area contributed by atoms with Crippen LogP contribution in [0, 0.1) is 0 Å². The summed E-state index contributed by atoms with van der Waals surface area (Å²) in [5.41, 5.74) is 0. The van der Waals surface area contributed by atoms with Gasteiger partial charge in [0.15, 0.2) is 5.96 Å². The molecule has 0 aliphatic heterocycles. The van der Waals surface area contributed by atoms with Gasteiger partial charge in [-0.25, -0.2) is 13.1 Å². The molecule has 0 aromatic carbocycles. The SMILES string of the molecule is CN=C(NCCNS(=O)(=O)c1cccs1)NCC(C)(C)SC. The first-order valence-corrected chi connectivity index (χ1v) is 10.4. The third-order valence-corrected chi connectivity index (χ3v) is 7.04. The minimum Gasteiger partial charge on any atom is -0.355 e. The Hall–Kier alpha value is -0.770. The highest BCUT2D eigenvalue weighted by molar-refractivity contribution is 7.99. The summed E-state index contributed by atoms with van der Waals surface area (Å²) in [6.45, 7) is 5.83. The Kier molecular flexibility index (Phi) is 7.67. The zero-order valence-corrected chi connectivity index (χ0v) is 15.8. The Morgan fingerprint density at radius 1 is 1.36 bits per heavy atom. The number of nitrogens with zero attached hydrogens (tertiary/aromatic N) is 1. The van der Waals surface area contributed by atoms with Gasteiger partial charge in [-0.15, -0.1) is 11.3 Å². The Bertz CT molecular complexity index is 568. The summed E-state index contributed by atoms with van der Waals surface area (Å²) < 4.78 is 26.9. The third-order valence-electron chi connectivity index (χ3n) is 2.93. The second kappa shape index (κ2) is 8.76. The van der Waals surface area contributed by atoms with E-state index in [4.69, 9.17) is 0 Å². The van der Waals surface area contributed by atoms with E-state index in [1.807, 2.05) is 0 Å². The number of thioether (sulfide) groups is 1. The summed E-state index contributed by atoms with van der Waals surface area (Å²) in [7, 11) is -1.70. The lowest BCUT2D eigenvalue weighted by Gasteiger charge is -2.23. The van der Waals surface area contributed by atoms with E-state index >= 15 is 0 Å². The normalized spacial score (nSPS) is 13.2. The average Bonchev–Trinajstić information content (AvgIpc) is 3.01. The van der Waals surface area contributed by atoms with Crippen LogP contribution < -0.4 is 15.4 Å². The maximum atomic E-state index is 11.9. The van der Waals surface area contributed by atoms with Crippen LogP contribution in [0.2, 0.25) is 0 Å². The number of rotatable bonds is 8. The number of hydrogen-bond acceptors (Lipinski definition) is 5. The number of thiophene rings is 1. The van der Waals surface area contributed by atoms with E-state index in [1.54, 1.807) is 36.3 Å². The molecule has 1 aromatic heterocycles. The maximum Gasteiger partial charge on any atom is 0.250 e. The first-order chi connectivity index (χ1) is 10.3. The summed E-state index contributed by atoms with van der Waals surface area (Å²) in [4.78, 5) is 4.12. The van der Waals surface area contributed by atoms with Crippen LogP contribution >= 0.6 is 23.1 Å². The Morgan fingerprint density at radius 2 is 2.09 bits per heavy atom. The molecule has 0 bridgehead atoms. The third kappa shape index (κ3) is 6.55. The molecule has 0 saturated heterocycles. The fourth-order valence-corrected chi connectivity index (χ4v) is 3.73. The quantitative estimate of drug-likeness (QED) is 0.368. The summed E-state index contributed by atoms with van der Waals surface area (Å²) in [5.74, 6) is 0.664. The highest BCUT2D eigenvalue weighted by Crippen LogP contribution is 2.19. The lowest BCUT2D eigenvalue weighted by Crippen LogP contribution is -2.45. The van der Waals surface area contributed by atoms with Gasteiger partial charge in [0, 0.05) is 31.4 Å². The lowest BCUT2D eigenvalue weighted by molar-refractivity contribution is 0.582. The molecular formula is C13H24N4O2S3. The molecule has 9 heteroatoms. The van der Waals surface area contributed by atoms with Crippen LogP contribution in [0.15, 0.2) is 26.7 Å². The first kappa shape index (κ1) is 19.3. The van der Waals surface area contributed by atoms with Crippen LogP contribution in [-0.2, 0) is 10.0 Å². The minimum absolute atomic E-state index is 0.110. The van der Waals surface area contributed by atoms with Gasteiger partial charge in [-0.1, -0.05) is 6.07 Å². The zero-order chi connectivity index (χ0) is 16.6. The van der Waals surface area contributed by atoms with E-state index in [-0.39, 0.29) is 4.75 Å². The van der Waals surface area contributed by atoms with Gasteiger partial charge in [0.2, 0.25) is 10.0 Å². The van der Waals surface area contributed by atoms with Crippen molar-refractivity contribution >= 4 is 39.1 Å². The molecule has 6 nitrogen and oxygen atoms in total. The molecule has 3 N–H and O–H groups in total. The summed E-state index contributed by atoms with van der Waals surface area (Å²) in [5, 5.41) is 8.06. The van der Waals surface area contributed by atoms with Gasteiger partial charge in [-0.05, 0) is 31.5 Å². The van der Waals surface area contributed by atoms with Gasteiger partial charge in [-0.2, -0.15) is 11.8 Å². The molecule has 0 atom stereocenters. The summed E-state index contributed by atoms with van der Waals surface area (Å²) >= 11 is 2.98. The van der Waals surface area contributed by atoms with Crippen LogP contribution in [0.25, 0.3) is 0 Å². The van der Waals surface area contributed by atoms with Crippen molar-refractivity contribution in [2.45, 2.75) is 22.8 Å². The smallest absolute Gasteiger partial charge is 0.250 e. The number of sulfonamides is 1. The largest absolute Gasteiger partial charge is 0.355 e. The molecular weight excluding hydrogens is 340 g/mol. The fourth-order valence-electron chi connectivity index (χ4n) is 1.44. The van der Waals surface area contributed by atoms with E-state index in [9.17, 15) is 8.42 Å². The molecule has 0 amide bonds. The van der Waals surface area contributed by atoms with Crippen molar-refractivity contribution in [1.29, 1.82) is 0 Å². The number of hydrogen-bond donors (Lipinski definition) is 3. The zero-order valence-electron chi connectivity index (χ0n) is 13.3. The molecule has 0 saturated carbocycles. The standard InChI is InChI=1S/C13H24N4O2S3/c1-13(2,20-4)10-16-12(14-3)15-7-8-17-22(18,19)11-6-5-9-21-11/h5-6,9,17H,7-8,10H2,1-4H3,(H2,14,15,16). The first-order valence-electron chi connectivity index (χ1n) is 6.83. The summed E-state index contributed by atoms with van der Waals surface area (Å²) in [6.07, 6.45) is 2.07. The van der Waals surface area contributed by atoms with E-state index < -0.39 is 10.0 Å². The highest BCUT2D eigenvalue weighted by Gasteiger charge is 2.16. The molecule has 1 rings (SSSR count). The fraction of sp³-hybridized carbons (Fsp3) is 0.615. The van der Waals surface area contributed by atoms with Crippen molar-refractivity contribution in [3.05, 3.63) is 17.5 Å². The lowest BCUT2D eigenvalue weighted by atomic mass is 10.2. The average molecular weight is 365 g/mol. The molecule has 0 radical (unpaired) electrons. The Morgan fingerprint density at radius 3 is 2.64 bits per heavy atom. The maximum absolute atomic E-state index is 11.9. The van der Waals surface area contributed by atoms with Gasteiger partial charge in [0.05, 0.1) is 0 Å². The predicted molar refractivity (Wildman–Crippen MR) is 96.5 cm³/mol. The molecule has 0 spiro atoms. The molecule has 0 fully saturated rings. The van der Waals surface area contributed by atoms with Crippen molar-refractivity contribution in [2.24, 2.45) is 4.99 Å². The number of guanidine groups is 1. The van der Waals surface area contributed by atoms with Crippen molar-refractivity contribution in [3.8, 4) is 0 Å². The van der Waals surface area contributed by atoms with Crippen LogP contribution in [-0.4, -0.2) is 52.1 Å². The molecule has 1 heterocycles. The second-order valence-corrected chi connectivity index (χ2v) is 9.60. The topological polar surface area (TPSA) is 82.6 Å². The van der Waals surface area contributed by atoms with Crippen molar-refractivity contribution in [1.82, 2.24) is 15.4 Å². The van der Waals surface area contributed by atoms with Gasteiger partial charge < -0.3 is 10.6 Å². The number of nitrogens with one attached hydrogen (secondary N) is 3. The van der Waals surface area contributed by atoms with E-state index in [1.165, 1.54) is 11.3 Å². The Labute approximate surface area is 141 Å². The van der Waals surface area contributed by atoms with E-state index in [0.717, 1.165) is 6.54 Å². The van der Waals surface area contributed by atoms with E-state index in [2.05, 4.69) is 40.5 Å². The van der Waals surface area contributed by atoms with Gasteiger partial charge in [-0.3, -0.25) is 4.99 Å². The van der Waals surface area contributed by atoms with Crippen LogP contribution in [0.5, 0.6) is 0 Å². The van der Waals surface area contributed by atoms with E-state index in [0.29, 0.717) is 23.3 Å². The van der Waals surface area contributed by atoms with Crippen molar-refractivity contribution < 1.29 is 8.42 Å². The van der Waals surface area contributed by atoms with Crippen LogP contribution in [0.3, 0.4) is 0 Å². The molecule has 0 unspecified atom stereocenters. The van der Waals surface area contributed by atoms with Crippen molar-refractivity contribution in [3.63, 3.8) is 0 Å². The monoisotopic (exact) mass is 364 g/mol. The molecule has 126 valence electrons. The van der Waals surface area contributed by atoms with Gasteiger partial charge in [0.25, 0.3) is 0 Å². The highest BCUT2D eigenvalue weighted by atomic mass is 32.2. The minimum atomic E-state index is -3.40. The second-order valence-electron chi connectivity index (χ2n) is 5.15.